The Bertz CT molecular complexity index is 833. The van der Waals surface area contributed by atoms with Gasteiger partial charge in [-0.3, -0.25) is 4.98 Å². The Morgan fingerprint density at radius 2 is 2.24 bits per heavy atom. The predicted octanol–water partition coefficient (Wildman–Crippen LogP) is 3.29. The largest absolute Gasteiger partial charge is 0.367 e. The first-order valence-electron chi connectivity index (χ1n) is 8.59. The lowest BCUT2D eigenvalue weighted by Gasteiger charge is -2.23. The van der Waals surface area contributed by atoms with Crippen molar-refractivity contribution in [1.29, 1.82) is 0 Å². The molecular formula is C19H21N5S. The molecule has 0 fully saturated rings. The molecule has 1 aliphatic heterocycles. The predicted molar refractivity (Wildman–Crippen MR) is 102 cm³/mol. The molecule has 3 aromatic rings. The van der Waals surface area contributed by atoms with E-state index in [4.69, 9.17) is 9.97 Å². The van der Waals surface area contributed by atoms with Gasteiger partial charge in [-0.05, 0) is 60.8 Å². The molecule has 0 amide bonds. The number of anilines is 1. The topological polar surface area (TPSA) is 62.7 Å². The standard InChI is InChI=1S/C19H21N5S/c1-13(10-14-6-9-25-12-14)22-18-15-5-8-20-11-17(15)23-19(24-18)16-4-2-3-7-21-16/h2-4,6-7,9,12-13,20H,5,8,10-11H2,1H3,(H,22,23,24)/t13-/m1/s1. The molecule has 0 saturated heterocycles. The van der Waals surface area contributed by atoms with Gasteiger partial charge < -0.3 is 10.6 Å². The molecule has 0 bridgehead atoms. The lowest BCUT2D eigenvalue weighted by atomic mass is 10.1. The van der Waals surface area contributed by atoms with Gasteiger partial charge in [-0.25, -0.2) is 9.97 Å². The van der Waals surface area contributed by atoms with Crippen LogP contribution in [0.3, 0.4) is 0 Å². The van der Waals surface area contributed by atoms with Crippen LogP contribution < -0.4 is 10.6 Å². The third kappa shape index (κ3) is 3.70. The van der Waals surface area contributed by atoms with E-state index in [1.165, 1.54) is 11.1 Å². The number of hydrogen-bond donors (Lipinski definition) is 2. The summed E-state index contributed by atoms with van der Waals surface area (Å²) in [6.07, 6.45) is 3.72. The van der Waals surface area contributed by atoms with E-state index in [0.29, 0.717) is 11.9 Å². The zero-order valence-corrected chi connectivity index (χ0v) is 15.0. The van der Waals surface area contributed by atoms with Crippen molar-refractivity contribution in [2.45, 2.75) is 32.4 Å². The van der Waals surface area contributed by atoms with Gasteiger partial charge in [0.15, 0.2) is 5.82 Å². The molecule has 0 spiro atoms. The fourth-order valence-corrected chi connectivity index (χ4v) is 3.82. The van der Waals surface area contributed by atoms with Gasteiger partial charge >= 0.3 is 0 Å². The number of nitrogens with zero attached hydrogens (tertiary/aromatic N) is 3. The van der Waals surface area contributed by atoms with Gasteiger partial charge in [0, 0.05) is 24.3 Å². The normalized spacial score (nSPS) is 14.8. The molecule has 6 heteroatoms. The van der Waals surface area contributed by atoms with E-state index in [9.17, 15) is 0 Å². The highest BCUT2D eigenvalue weighted by Gasteiger charge is 2.19. The van der Waals surface area contributed by atoms with Crippen molar-refractivity contribution in [3.63, 3.8) is 0 Å². The second-order valence-corrected chi connectivity index (χ2v) is 7.12. The second kappa shape index (κ2) is 7.29. The van der Waals surface area contributed by atoms with Crippen LogP contribution in [0.4, 0.5) is 5.82 Å². The monoisotopic (exact) mass is 351 g/mol. The van der Waals surface area contributed by atoms with Gasteiger partial charge in [0.2, 0.25) is 0 Å². The summed E-state index contributed by atoms with van der Waals surface area (Å²) in [5, 5.41) is 11.3. The molecule has 0 saturated carbocycles. The van der Waals surface area contributed by atoms with Crippen molar-refractivity contribution < 1.29 is 0 Å². The molecule has 128 valence electrons. The van der Waals surface area contributed by atoms with E-state index < -0.39 is 0 Å². The van der Waals surface area contributed by atoms with Gasteiger partial charge in [-0.1, -0.05) is 6.07 Å². The van der Waals surface area contributed by atoms with Crippen molar-refractivity contribution in [3.05, 3.63) is 58.0 Å². The van der Waals surface area contributed by atoms with E-state index in [1.54, 1.807) is 17.5 Å². The SMILES string of the molecule is C[C@H](Cc1ccsc1)Nc1nc(-c2ccccn2)nc2c1CCNC2. The summed E-state index contributed by atoms with van der Waals surface area (Å²) in [4.78, 5) is 14.0. The fourth-order valence-electron chi connectivity index (χ4n) is 3.14. The van der Waals surface area contributed by atoms with Crippen LogP contribution in [-0.2, 0) is 19.4 Å². The zero-order chi connectivity index (χ0) is 17.1. The minimum Gasteiger partial charge on any atom is -0.367 e. The third-order valence-electron chi connectivity index (χ3n) is 4.34. The zero-order valence-electron chi connectivity index (χ0n) is 14.2. The van der Waals surface area contributed by atoms with Crippen molar-refractivity contribution in [1.82, 2.24) is 20.3 Å². The van der Waals surface area contributed by atoms with Gasteiger partial charge in [0.25, 0.3) is 0 Å². The molecule has 0 aliphatic carbocycles. The maximum absolute atomic E-state index is 4.82. The van der Waals surface area contributed by atoms with Crippen LogP contribution in [0.15, 0.2) is 41.2 Å². The maximum Gasteiger partial charge on any atom is 0.180 e. The smallest absolute Gasteiger partial charge is 0.180 e. The highest BCUT2D eigenvalue weighted by molar-refractivity contribution is 7.07. The molecule has 5 nitrogen and oxygen atoms in total. The van der Waals surface area contributed by atoms with Crippen LogP contribution in [0.25, 0.3) is 11.5 Å². The molecule has 25 heavy (non-hydrogen) atoms. The summed E-state index contributed by atoms with van der Waals surface area (Å²) >= 11 is 1.74. The number of thiophene rings is 1. The molecule has 3 aromatic heterocycles. The van der Waals surface area contributed by atoms with Crippen LogP contribution in [0.2, 0.25) is 0 Å². The number of rotatable bonds is 5. The molecule has 0 aromatic carbocycles. The molecule has 2 N–H and O–H groups in total. The molecule has 1 aliphatic rings. The quantitative estimate of drug-likeness (QED) is 0.738. The Hall–Kier alpha value is -2.31. The number of hydrogen-bond acceptors (Lipinski definition) is 6. The number of fused-ring (bicyclic) bond motifs is 1. The van der Waals surface area contributed by atoms with Crippen molar-refractivity contribution in [2.75, 3.05) is 11.9 Å². The Balaban J connectivity index is 1.65. The molecule has 0 radical (unpaired) electrons. The van der Waals surface area contributed by atoms with Gasteiger partial charge in [-0.2, -0.15) is 11.3 Å². The van der Waals surface area contributed by atoms with Crippen molar-refractivity contribution >= 4 is 17.2 Å². The van der Waals surface area contributed by atoms with Crippen molar-refractivity contribution in [3.8, 4) is 11.5 Å². The highest BCUT2D eigenvalue weighted by Crippen LogP contribution is 2.25. The van der Waals surface area contributed by atoms with E-state index in [2.05, 4.69) is 39.4 Å². The van der Waals surface area contributed by atoms with Gasteiger partial charge in [-0.15, -0.1) is 0 Å². The Morgan fingerprint density at radius 3 is 3.04 bits per heavy atom. The van der Waals surface area contributed by atoms with Crippen LogP contribution in [-0.4, -0.2) is 27.5 Å². The third-order valence-corrected chi connectivity index (χ3v) is 5.07. The molecule has 4 heterocycles. The van der Waals surface area contributed by atoms with E-state index in [1.807, 2.05) is 18.2 Å². The van der Waals surface area contributed by atoms with E-state index >= 15 is 0 Å². The van der Waals surface area contributed by atoms with E-state index in [0.717, 1.165) is 43.1 Å². The molecule has 1 atom stereocenters. The van der Waals surface area contributed by atoms with Crippen LogP contribution in [0, 0.1) is 0 Å². The molecular weight excluding hydrogens is 330 g/mol. The average molecular weight is 351 g/mol. The Morgan fingerprint density at radius 1 is 1.28 bits per heavy atom. The van der Waals surface area contributed by atoms with Crippen LogP contribution in [0.1, 0.15) is 23.7 Å². The van der Waals surface area contributed by atoms with Crippen molar-refractivity contribution in [2.24, 2.45) is 0 Å². The number of aromatic nitrogens is 3. The Kier molecular flexibility index (Phi) is 4.72. The average Bonchev–Trinajstić information content (AvgIpc) is 3.15. The second-order valence-electron chi connectivity index (χ2n) is 6.34. The lowest BCUT2D eigenvalue weighted by Crippen LogP contribution is -2.28. The molecule has 4 rings (SSSR count). The first-order valence-corrected chi connectivity index (χ1v) is 9.53. The summed E-state index contributed by atoms with van der Waals surface area (Å²) in [5.74, 6) is 1.64. The first-order chi connectivity index (χ1) is 12.3. The maximum atomic E-state index is 4.82. The Labute approximate surface area is 151 Å². The summed E-state index contributed by atoms with van der Waals surface area (Å²) in [6.45, 7) is 3.95. The van der Waals surface area contributed by atoms with Crippen LogP contribution in [0.5, 0.6) is 0 Å². The first kappa shape index (κ1) is 16.2. The van der Waals surface area contributed by atoms with Crippen LogP contribution >= 0.6 is 11.3 Å². The summed E-state index contributed by atoms with van der Waals surface area (Å²) in [7, 11) is 0. The minimum atomic E-state index is 0.306. The number of nitrogens with one attached hydrogen (secondary N) is 2. The summed E-state index contributed by atoms with van der Waals surface area (Å²) in [6, 6.07) is 8.32. The lowest BCUT2D eigenvalue weighted by molar-refractivity contribution is 0.623. The summed E-state index contributed by atoms with van der Waals surface area (Å²) < 4.78 is 0. The van der Waals surface area contributed by atoms with Gasteiger partial charge in [0.1, 0.15) is 11.5 Å². The highest BCUT2D eigenvalue weighted by atomic mass is 32.1. The summed E-state index contributed by atoms with van der Waals surface area (Å²) in [5.41, 5.74) is 4.48. The number of pyridine rings is 1. The fraction of sp³-hybridized carbons (Fsp3) is 0.316. The van der Waals surface area contributed by atoms with E-state index in [-0.39, 0.29) is 0 Å². The molecule has 0 unspecified atom stereocenters. The minimum absolute atomic E-state index is 0.306. The van der Waals surface area contributed by atoms with Gasteiger partial charge in [0.05, 0.1) is 5.69 Å².